The topological polar surface area (TPSA) is 98.9 Å². The normalized spacial score (nSPS) is 19.1. The minimum atomic E-state index is -4.57. The quantitative estimate of drug-likeness (QED) is 0.606. The van der Waals surface area contributed by atoms with E-state index in [9.17, 15) is 18.0 Å². The second kappa shape index (κ2) is 8.52. The zero-order valence-corrected chi connectivity index (χ0v) is 17.3. The molecule has 1 aliphatic heterocycles. The van der Waals surface area contributed by atoms with Gasteiger partial charge in [-0.15, -0.1) is 4.80 Å². The molecular weight excluding hydrogens is 427 g/mol. The molecule has 1 aliphatic rings. The molecule has 32 heavy (non-hydrogen) atoms. The number of alkyl halides is 3. The summed E-state index contributed by atoms with van der Waals surface area (Å²) in [5.41, 5.74) is 0.0647. The van der Waals surface area contributed by atoms with Gasteiger partial charge in [0.05, 0.1) is 36.4 Å². The minimum absolute atomic E-state index is 0.0252. The van der Waals surface area contributed by atoms with Gasteiger partial charge in [0.2, 0.25) is 5.88 Å². The molecule has 0 N–H and O–H groups in total. The maximum Gasteiger partial charge on any atom is 0.434 e. The third-order valence-electron chi connectivity index (χ3n) is 5.21. The van der Waals surface area contributed by atoms with E-state index in [-0.39, 0.29) is 17.8 Å². The van der Waals surface area contributed by atoms with Crippen molar-refractivity contribution in [3.8, 4) is 11.7 Å². The largest absolute Gasteiger partial charge is 0.471 e. The van der Waals surface area contributed by atoms with Gasteiger partial charge in [0.1, 0.15) is 6.10 Å². The van der Waals surface area contributed by atoms with E-state index < -0.39 is 18.0 Å². The molecule has 2 atom stereocenters. The number of aryl methyl sites for hydroxylation is 1. The van der Waals surface area contributed by atoms with E-state index in [4.69, 9.17) is 4.74 Å². The zero-order chi connectivity index (χ0) is 22.9. The molecule has 0 saturated carbocycles. The molecule has 0 radical (unpaired) electrons. The fraction of sp³-hybridized carbons (Fsp3) is 0.400. The van der Waals surface area contributed by atoms with Crippen LogP contribution in [0.4, 0.5) is 13.2 Å². The first-order chi connectivity index (χ1) is 15.2. The summed E-state index contributed by atoms with van der Waals surface area (Å²) in [5.74, 6) is 0.0325. The highest BCUT2D eigenvalue weighted by Gasteiger charge is 2.36. The number of ether oxygens (including phenoxy) is 1. The number of hydrogen-bond donors (Lipinski definition) is 0. The van der Waals surface area contributed by atoms with Crippen LogP contribution in [-0.2, 0) is 6.18 Å². The van der Waals surface area contributed by atoms with Gasteiger partial charge in [0, 0.05) is 12.7 Å². The summed E-state index contributed by atoms with van der Waals surface area (Å²) in [6.07, 6.45) is 2.44. The molecule has 12 heteroatoms. The van der Waals surface area contributed by atoms with Crippen LogP contribution in [0.3, 0.4) is 0 Å². The molecule has 1 amide bonds. The van der Waals surface area contributed by atoms with Gasteiger partial charge >= 0.3 is 6.18 Å². The van der Waals surface area contributed by atoms with Crippen LogP contribution in [0.15, 0.2) is 37.1 Å². The maximum atomic E-state index is 13.4. The van der Waals surface area contributed by atoms with Crippen LogP contribution >= 0.6 is 0 Å². The lowest BCUT2D eigenvalue weighted by atomic mass is 9.98. The summed E-state index contributed by atoms with van der Waals surface area (Å²) < 4.78 is 43.9. The number of pyridine rings is 1. The van der Waals surface area contributed by atoms with E-state index >= 15 is 0 Å². The lowest BCUT2D eigenvalue weighted by Gasteiger charge is -2.39. The first-order valence-corrected chi connectivity index (χ1v) is 9.94. The summed E-state index contributed by atoms with van der Waals surface area (Å²) >= 11 is 0. The molecule has 4 rings (SSSR count). The van der Waals surface area contributed by atoms with Crippen LogP contribution in [-0.4, -0.2) is 59.4 Å². The van der Waals surface area contributed by atoms with E-state index in [1.807, 2.05) is 13.8 Å². The first kappa shape index (κ1) is 21.7. The Morgan fingerprint density at radius 3 is 2.53 bits per heavy atom. The van der Waals surface area contributed by atoms with Crippen molar-refractivity contribution in [2.24, 2.45) is 0 Å². The predicted molar refractivity (Wildman–Crippen MR) is 105 cm³/mol. The predicted octanol–water partition coefficient (Wildman–Crippen LogP) is 2.85. The van der Waals surface area contributed by atoms with Crippen molar-refractivity contribution in [3.63, 3.8) is 0 Å². The summed E-state index contributed by atoms with van der Waals surface area (Å²) in [7, 11) is 0. The Labute approximate surface area is 181 Å². The molecule has 1 saturated heterocycles. The molecule has 4 heterocycles. The van der Waals surface area contributed by atoms with Gasteiger partial charge in [0.25, 0.3) is 5.91 Å². The maximum absolute atomic E-state index is 13.4. The highest BCUT2D eigenvalue weighted by molar-refractivity contribution is 5.97. The number of rotatable bonds is 4. The average Bonchev–Trinajstić information content (AvgIpc) is 3.29. The lowest BCUT2D eigenvalue weighted by Crippen LogP contribution is -2.51. The van der Waals surface area contributed by atoms with Crippen LogP contribution in [0.25, 0.3) is 5.82 Å². The smallest absolute Gasteiger partial charge is 0.434 e. The van der Waals surface area contributed by atoms with Crippen LogP contribution < -0.4 is 4.74 Å². The number of hydrogen-bond acceptors (Lipinski definition) is 7. The summed E-state index contributed by atoms with van der Waals surface area (Å²) in [4.78, 5) is 27.8. The molecule has 0 spiro atoms. The van der Waals surface area contributed by atoms with E-state index in [1.54, 1.807) is 17.2 Å². The number of piperidine rings is 1. The molecule has 3 aromatic rings. The van der Waals surface area contributed by atoms with Crippen LogP contribution in [0.1, 0.15) is 41.4 Å². The average molecular weight is 447 g/mol. The van der Waals surface area contributed by atoms with Crippen LogP contribution in [0.2, 0.25) is 0 Å². The van der Waals surface area contributed by atoms with Crippen molar-refractivity contribution in [1.82, 2.24) is 34.8 Å². The number of amides is 1. The highest BCUT2D eigenvalue weighted by Crippen LogP contribution is 2.29. The standard InChI is InChI=1S/C20H20F3N7O2/c1-12-8-14(18(26-9-12)30-27-5-6-28-30)19(31)29-7-3-4-15(13(29)2)32-17-11-24-16(10-25-17)20(21,22)23/h5-6,8-11,13,15H,3-4,7H2,1-2H3/t13-,15+/m0/s1. The Kier molecular flexibility index (Phi) is 5.76. The molecule has 9 nitrogen and oxygen atoms in total. The van der Waals surface area contributed by atoms with E-state index in [2.05, 4.69) is 25.1 Å². The van der Waals surface area contributed by atoms with E-state index in [1.165, 1.54) is 17.2 Å². The van der Waals surface area contributed by atoms with E-state index in [0.717, 1.165) is 11.8 Å². The SMILES string of the molecule is Cc1cnc(-n2nccn2)c(C(=O)N2CCC[C@@H](Oc3cnc(C(F)(F)F)cn3)[C@@H]2C)c1. The Balaban J connectivity index is 1.54. The minimum Gasteiger partial charge on any atom is -0.471 e. The van der Waals surface area contributed by atoms with Crippen LogP contribution in [0.5, 0.6) is 5.88 Å². The van der Waals surface area contributed by atoms with Gasteiger partial charge in [-0.1, -0.05) is 0 Å². The molecule has 1 fully saturated rings. The second-order valence-electron chi connectivity index (χ2n) is 7.48. The number of carbonyl (C=O) groups excluding carboxylic acids is 1. The van der Waals surface area contributed by atoms with Crippen molar-refractivity contribution in [3.05, 3.63) is 53.9 Å². The third kappa shape index (κ3) is 4.39. The van der Waals surface area contributed by atoms with E-state index in [0.29, 0.717) is 37.0 Å². The lowest BCUT2D eigenvalue weighted by molar-refractivity contribution is -0.141. The summed E-state index contributed by atoms with van der Waals surface area (Å²) in [6, 6.07) is 1.37. The molecular formula is C20H20F3N7O2. The third-order valence-corrected chi connectivity index (χ3v) is 5.21. The Morgan fingerprint density at radius 2 is 1.88 bits per heavy atom. The van der Waals surface area contributed by atoms with Gasteiger partial charge in [-0.3, -0.25) is 4.79 Å². The molecule has 0 aromatic carbocycles. The first-order valence-electron chi connectivity index (χ1n) is 9.94. The van der Waals surface area contributed by atoms with Gasteiger partial charge in [0.15, 0.2) is 11.5 Å². The Bertz CT molecular complexity index is 1090. The Hall–Kier alpha value is -3.57. The fourth-order valence-corrected chi connectivity index (χ4v) is 3.59. The summed E-state index contributed by atoms with van der Waals surface area (Å²) in [6.45, 7) is 4.16. The monoisotopic (exact) mass is 447 g/mol. The number of likely N-dealkylation sites (tertiary alicyclic amines) is 1. The van der Waals surface area contributed by atoms with Gasteiger partial charge in [-0.05, 0) is 38.3 Å². The zero-order valence-electron chi connectivity index (χ0n) is 17.3. The number of halogens is 3. The van der Waals surface area contributed by atoms with Crippen molar-refractivity contribution in [1.29, 1.82) is 0 Å². The fourth-order valence-electron chi connectivity index (χ4n) is 3.59. The highest BCUT2D eigenvalue weighted by atomic mass is 19.4. The van der Waals surface area contributed by atoms with Gasteiger partial charge < -0.3 is 9.64 Å². The molecule has 168 valence electrons. The molecule has 0 bridgehead atoms. The molecule has 3 aromatic heterocycles. The number of aromatic nitrogens is 6. The summed E-state index contributed by atoms with van der Waals surface area (Å²) in [5, 5.41) is 8.14. The van der Waals surface area contributed by atoms with Gasteiger partial charge in [-0.2, -0.15) is 23.4 Å². The van der Waals surface area contributed by atoms with Crippen molar-refractivity contribution in [2.45, 2.75) is 45.0 Å². The van der Waals surface area contributed by atoms with Crippen molar-refractivity contribution in [2.75, 3.05) is 6.54 Å². The molecule has 0 aliphatic carbocycles. The van der Waals surface area contributed by atoms with Gasteiger partial charge in [-0.25, -0.2) is 15.0 Å². The van der Waals surface area contributed by atoms with Crippen molar-refractivity contribution >= 4 is 5.91 Å². The van der Waals surface area contributed by atoms with Crippen molar-refractivity contribution < 1.29 is 22.7 Å². The molecule has 0 unspecified atom stereocenters. The number of nitrogens with zero attached hydrogens (tertiary/aromatic N) is 7. The second-order valence-corrected chi connectivity index (χ2v) is 7.48. The van der Waals surface area contributed by atoms with Crippen LogP contribution in [0, 0.1) is 6.92 Å². The number of carbonyl (C=O) groups is 1. The Morgan fingerprint density at radius 1 is 1.12 bits per heavy atom.